The molecule has 11 heteroatoms. The van der Waals surface area contributed by atoms with Gasteiger partial charge in [0.1, 0.15) is 15.6 Å². The lowest BCUT2D eigenvalue weighted by atomic mass is 10.1. The van der Waals surface area contributed by atoms with Crippen LogP contribution in [0.15, 0.2) is 29.4 Å². The Morgan fingerprint density at radius 3 is 2.45 bits per heavy atom. The number of hydrogen-bond acceptors (Lipinski definition) is 10. The van der Waals surface area contributed by atoms with Crippen LogP contribution in [0.1, 0.15) is 46.4 Å². The second-order valence-corrected chi connectivity index (χ2v) is 8.62. The predicted molar refractivity (Wildman–Crippen MR) is 128 cm³/mol. The van der Waals surface area contributed by atoms with Crippen molar-refractivity contribution in [1.82, 2.24) is 14.8 Å². The van der Waals surface area contributed by atoms with E-state index in [9.17, 15) is 9.59 Å². The molecule has 2 aromatic heterocycles. The average Bonchev–Trinajstić information content (AvgIpc) is 3.37. The fraction of sp³-hybridized carbons (Fsp3) is 0.364. The van der Waals surface area contributed by atoms with E-state index in [-0.39, 0.29) is 34.4 Å². The molecule has 0 amide bonds. The fourth-order valence-electron chi connectivity index (χ4n) is 3.26. The Morgan fingerprint density at radius 2 is 1.79 bits per heavy atom. The lowest BCUT2D eigenvalue weighted by Crippen LogP contribution is -2.11. The summed E-state index contributed by atoms with van der Waals surface area (Å²) in [5.74, 6) is 0.533. The molecule has 0 radical (unpaired) electrons. The molecule has 2 N–H and O–H groups in total. The summed E-state index contributed by atoms with van der Waals surface area (Å²) in [5.41, 5.74) is 7.59. The maximum Gasteiger partial charge on any atom is 0.348 e. The maximum absolute atomic E-state index is 12.6. The summed E-state index contributed by atoms with van der Waals surface area (Å²) >= 11 is 2.38. The molecule has 0 aliphatic rings. The number of carbonyl (C=O) groups excluding carboxylic acids is 2. The third-order valence-electron chi connectivity index (χ3n) is 4.70. The molecule has 9 nitrogen and oxygen atoms in total. The van der Waals surface area contributed by atoms with Crippen LogP contribution >= 0.6 is 23.1 Å². The highest BCUT2D eigenvalue weighted by atomic mass is 32.2. The minimum Gasteiger partial charge on any atom is -0.496 e. The number of nitrogens with two attached hydrogens (primary N) is 1. The fourth-order valence-corrected chi connectivity index (χ4v) is 5.35. The molecule has 0 saturated heterocycles. The van der Waals surface area contributed by atoms with E-state index in [2.05, 4.69) is 10.2 Å². The van der Waals surface area contributed by atoms with E-state index in [1.165, 1.54) is 11.8 Å². The number of nitrogen functional groups attached to an aromatic ring is 1. The normalized spacial score (nSPS) is 10.8. The molecule has 176 valence electrons. The smallest absolute Gasteiger partial charge is 0.348 e. The molecule has 0 aliphatic heterocycles. The van der Waals surface area contributed by atoms with Gasteiger partial charge in [-0.05, 0) is 32.9 Å². The highest BCUT2D eigenvalue weighted by molar-refractivity contribution is 7.98. The van der Waals surface area contributed by atoms with Gasteiger partial charge in [0.2, 0.25) is 0 Å². The van der Waals surface area contributed by atoms with Gasteiger partial charge in [-0.15, -0.1) is 21.5 Å². The zero-order valence-corrected chi connectivity index (χ0v) is 20.5. The zero-order valence-electron chi connectivity index (χ0n) is 18.9. The van der Waals surface area contributed by atoms with Crippen molar-refractivity contribution in [1.29, 1.82) is 0 Å². The van der Waals surface area contributed by atoms with E-state index in [4.69, 9.17) is 19.9 Å². The topological polar surface area (TPSA) is 119 Å². The van der Waals surface area contributed by atoms with Crippen LogP contribution in [0, 0.1) is 0 Å². The molecule has 0 saturated carbocycles. The highest BCUT2D eigenvalue weighted by Gasteiger charge is 2.28. The summed E-state index contributed by atoms with van der Waals surface area (Å²) in [5, 5.41) is 9.56. The number of anilines is 1. The van der Waals surface area contributed by atoms with Gasteiger partial charge in [0.25, 0.3) is 0 Å². The molecule has 3 rings (SSSR count). The van der Waals surface area contributed by atoms with Crippen LogP contribution in [-0.4, -0.2) is 47.0 Å². The van der Waals surface area contributed by atoms with E-state index >= 15 is 0 Å². The van der Waals surface area contributed by atoms with Crippen LogP contribution in [0.3, 0.4) is 0 Å². The van der Waals surface area contributed by atoms with Gasteiger partial charge in [-0.25, -0.2) is 9.59 Å². The van der Waals surface area contributed by atoms with Crippen molar-refractivity contribution in [2.24, 2.45) is 0 Å². The highest BCUT2D eigenvalue weighted by Crippen LogP contribution is 2.37. The number of rotatable bonds is 10. The summed E-state index contributed by atoms with van der Waals surface area (Å²) in [6.45, 7) is 6.45. The van der Waals surface area contributed by atoms with Crippen LogP contribution in [0.2, 0.25) is 0 Å². The van der Waals surface area contributed by atoms with Crippen molar-refractivity contribution in [3.63, 3.8) is 0 Å². The quantitative estimate of drug-likeness (QED) is 0.328. The molecule has 1 aromatic carbocycles. The van der Waals surface area contributed by atoms with E-state index in [1.807, 2.05) is 35.8 Å². The van der Waals surface area contributed by atoms with Crippen LogP contribution in [0.25, 0.3) is 11.4 Å². The van der Waals surface area contributed by atoms with Crippen molar-refractivity contribution in [2.75, 3.05) is 26.1 Å². The number of ether oxygens (including phenoxy) is 3. The molecule has 2 heterocycles. The third-order valence-corrected chi connectivity index (χ3v) is 6.74. The van der Waals surface area contributed by atoms with Gasteiger partial charge in [0.05, 0.1) is 31.5 Å². The Kier molecular flexibility index (Phi) is 8.34. The number of esters is 2. The Balaban J connectivity index is 1.97. The summed E-state index contributed by atoms with van der Waals surface area (Å²) in [4.78, 5) is 25.4. The summed E-state index contributed by atoms with van der Waals surface area (Å²) in [6.07, 6.45) is 0. The van der Waals surface area contributed by atoms with Crippen LogP contribution in [0.5, 0.6) is 5.75 Å². The minimum atomic E-state index is -0.566. The molecule has 0 bridgehead atoms. The number of thiophene rings is 1. The van der Waals surface area contributed by atoms with Crippen LogP contribution < -0.4 is 10.5 Å². The number of methoxy groups -OCH3 is 1. The Bertz CT molecular complexity index is 1140. The number of thioether (sulfide) groups is 1. The monoisotopic (exact) mass is 490 g/mol. The Morgan fingerprint density at radius 1 is 1.09 bits per heavy atom. The summed E-state index contributed by atoms with van der Waals surface area (Å²) < 4.78 is 17.8. The van der Waals surface area contributed by atoms with Gasteiger partial charge in [-0.3, -0.25) is 0 Å². The number of nitrogens with zero attached hydrogens (tertiary/aromatic N) is 3. The molecular weight excluding hydrogens is 464 g/mol. The molecule has 3 aromatic rings. The first-order valence-corrected chi connectivity index (χ1v) is 12.2. The van der Waals surface area contributed by atoms with Crippen LogP contribution in [-0.2, 0) is 21.8 Å². The van der Waals surface area contributed by atoms with Gasteiger partial charge in [0, 0.05) is 17.9 Å². The van der Waals surface area contributed by atoms with E-state index < -0.39 is 11.9 Å². The van der Waals surface area contributed by atoms with Gasteiger partial charge < -0.3 is 24.5 Å². The lowest BCUT2D eigenvalue weighted by molar-refractivity contribution is 0.0527. The second kappa shape index (κ2) is 11.2. The zero-order chi connectivity index (χ0) is 24.0. The van der Waals surface area contributed by atoms with Gasteiger partial charge in [0.15, 0.2) is 11.0 Å². The van der Waals surface area contributed by atoms with Crippen molar-refractivity contribution in [2.45, 2.75) is 38.2 Å². The first-order chi connectivity index (χ1) is 16.0. The maximum atomic E-state index is 12.6. The van der Waals surface area contributed by atoms with Crippen molar-refractivity contribution >= 4 is 40.0 Å². The van der Waals surface area contributed by atoms with Crippen molar-refractivity contribution in [3.8, 4) is 17.1 Å². The third kappa shape index (κ3) is 5.14. The molecule has 0 atom stereocenters. The molecule has 0 unspecified atom stereocenters. The van der Waals surface area contributed by atoms with Crippen molar-refractivity contribution < 1.29 is 23.8 Å². The number of para-hydroxylation sites is 1. The first-order valence-electron chi connectivity index (χ1n) is 10.4. The van der Waals surface area contributed by atoms with E-state index in [0.717, 1.165) is 16.9 Å². The largest absolute Gasteiger partial charge is 0.496 e. The number of aromatic nitrogens is 3. The average molecular weight is 491 g/mol. The molecular formula is C22H26N4O5S2. The first kappa shape index (κ1) is 24.6. The van der Waals surface area contributed by atoms with Crippen LogP contribution in [0.4, 0.5) is 5.00 Å². The number of hydrogen-bond donors (Lipinski definition) is 1. The van der Waals surface area contributed by atoms with Crippen molar-refractivity contribution in [3.05, 3.63) is 40.3 Å². The van der Waals surface area contributed by atoms with E-state index in [0.29, 0.717) is 28.8 Å². The predicted octanol–water partition coefficient (Wildman–Crippen LogP) is 4.26. The molecule has 0 fully saturated rings. The van der Waals surface area contributed by atoms with E-state index in [1.54, 1.807) is 21.0 Å². The molecule has 0 aliphatic carbocycles. The lowest BCUT2D eigenvalue weighted by Gasteiger charge is -2.11. The van der Waals surface area contributed by atoms with Gasteiger partial charge >= 0.3 is 11.9 Å². The van der Waals surface area contributed by atoms with Gasteiger partial charge in [-0.1, -0.05) is 23.9 Å². The Hall–Kier alpha value is -3.05. The summed E-state index contributed by atoms with van der Waals surface area (Å²) in [6, 6.07) is 7.58. The Labute approximate surface area is 200 Å². The minimum absolute atomic E-state index is 0.196. The SMILES string of the molecule is CCOC(=O)c1sc(N)c(C(=O)OCC)c1CSc1nnc(-c2ccccc2OC)n1CC. The standard InChI is InChI=1S/C22H26N4O5S2/c1-5-26-19(13-10-8-9-11-15(13)29-4)24-25-22(26)32-12-14-16(20(27)30-6-2)18(23)33-17(14)21(28)31-7-3/h8-11H,5-7,12,23H2,1-4H3. The van der Waals surface area contributed by atoms with Gasteiger partial charge in [-0.2, -0.15) is 0 Å². The molecule has 33 heavy (non-hydrogen) atoms. The molecule has 0 spiro atoms. The number of benzene rings is 1. The second-order valence-electron chi connectivity index (χ2n) is 6.63. The summed E-state index contributed by atoms with van der Waals surface area (Å²) in [7, 11) is 1.61. The number of carbonyl (C=O) groups is 2.